The lowest BCUT2D eigenvalue weighted by atomic mass is 9.86. The second-order valence-electron chi connectivity index (χ2n) is 3.59. The van der Waals surface area contributed by atoms with Gasteiger partial charge in [-0.15, -0.1) is 0 Å². The summed E-state index contributed by atoms with van der Waals surface area (Å²) in [7, 11) is 1.64. The number of halogens is 1. The van der Waals surface area contributed by atoms with Crippen LogP contribution in [0.2, 0.25) is 0 Å². The lowest BCUT2D eigenvalue weighted by molar-refractivity contribution is 0.410. The first-order chi connectivity index (χ1) is 6.51. The SMILES string of the molecule is COc1cc(C(C)(C)C#N)ccc1I. The third-order valence-corrected chi connectivity index (χ3v) is 3.04. The monoisotopic (exact) mass is 301 g/mol. The number of nitriles is 1. The number of ether oxygens (including phenoxy) is 1. The van der Waals surface area contributed by atoms with Crippen molar-refractivity contribution < 1.29 is 4.74 Å². The Balaban J connectivity index is 3.21. The Morgan fingerprint density at radius 2 is 2.07 bits per heavy atom. The normalized spacial score (nSPS) is 10.8. The van der Waals surface area contributed by atoms with E-state index in [4.69, 9.17) is 10.00 Å². The molecule has 0 heterocycles. The number of nitrogens with zero attached hydrogens (tertiary/aromatic N) is 1. The fraction of sp³-hybridized carbons (Fsp3) is 0.364. The Hall–Kier alpha value is -0.760. The van der Waals surface area contributed by atoms with Gasteiger partial charge in [-0.05, 0) is 54.1 Å². The van der Waals surface area contributed by atoms with Crippen molar-refractivity contribution in [3.8, 4) is 11.8 Å². The molecule has 2 nitrogen and oxygen atoms in total. The van der Waals surface area contributed by atoms with Crippen LogP contribution < -0.4 is 4.74 Å². The molecule has 74 valence electrons. The number of methoxy groups -OCH3 is 1. The van der Waals surface area contributed by atoms with E-state index in [1.165, 1.54) is 0 Å². The second-order valence-corrected chi connectivity index (χ2v) is 4.75. The highest BCUT2D eigenvalue weighted by Crippen LogP contribution is 2.29. The van der Waals surface area contributed by atoms with E-state index in [0.717, 1.165) is 14.9 Å². The van der Waals surface area contributed by atoms with Gasteiger partial charge in [-0.3, -0.25) is 0 Å². The molecule has 0 aliphatic heterocycles. The average Bonchev–Trinajstić information content (AvgIpc) is 2.18. The van der Waals surface area contributed by atoms with Gasteiger partial charge >= 0.3 is 0 Å². The average molecular weight is 301 g/mol. The Bertz CT molecular complexity index is 379. The van der Waals surface area contributed by atoms with Crippen molar-refractivity contribution in [2.45, 2.75) is 19.3 Å². The summed E-state index contributed by atoms with van der Waals surface area (Å²) >= 11 is 2.21. The van der Waals surface area contributed by atoms with Gasteiger partial charge in [0.1, 0.15) is 5.75 Å². The van der Waals surface area contributed by atoms with Crippen LogP contribution >= 0.6 is 22.6 Å². The second kappa shape index (κ2) is 4.18. The van der Waals surface area contributed by atoms with Crippen LogP contribution in [0.4, 0.5) is 0 Å². The van der Waals surface area contributed by atoms with Gasteiger partial charge in [0.15, 0.2) is 0 Å². The summed E-state index contributed by atoms with van der Waals surface area (Å²) in [5.41, 5.74) is 0.523. The molecule has 0 bridgehead atoms. The molecule has 3 heteroatoms. The fourth-order valence-electron chi connectivity index (χ4n) is 1.11. The van der Waals surface area contributed by atoms with Gasteiger partial charge in [0, 0.05) is 0 Å². The third-order valence-electron chi connectivity index (χ3n) is 2.15. The van der Waals surface area contributed by atoms with E-state index in [-0.39, 0.29) is 0 Å². The minimum absolute atomic E-state index is 0.461. The van der Waals surface area contributed by atoms with Crippen molar-refractivity contribution in [2.75, 3.05) is 7.11 Å². The molecule has 0 saturated carbocycles. The van der Waals surface area contributed by atoms with Crippen LogP contribution in [0.25, 0.3) is 0 Å². The van der Waals surface area contributed by atoms with E-state index in [1.54, 1.807) is 7.11 Å². The van der Waals surface area contributed by atoms with Crippen LogP contribution in [-0.2, 0) is 5.41 Å². The zero-order valence-corrected chi connectivity index (χ0v) is 10.6. The van der Waals surface area contributed by atoms with Gasteiger partial charge in [0.25, 0.3) is 0 Å². The van der Waals surface area contributed by atoms with E-state index >= 15 is 0 Å². The van der Waals surface area contributed by atoms with E-state index in [2.05, 4.69) is 28.7 Å². The summed E-state index contributed by atoms with van der Waals surface area (Å²) in [4.78, 5) is 0. The van der Waals surface area contributed by atoms with Crippen molar-refractivity contribution in [3.05, 3.63) is 27.3 Å². The van der Waals surface area contributed by atoms with Crippen molar-refractivity contribution in [1.29, 1.82) is 5.26 Å². The maximum Gasteiger partial charge on any atom is 0.132 e. The van der Waals surface area contributed by atoms with Crippen LogP contribution in [0.15, 0.2) is 18.2 Å². The smallest absolute Gasteiger partial charge is 0.132 e. The molecule has 0 N–H and O–H groups in total. The molecule has 0 spiro atoms. The Morgan fingerprint density at radius 1 is 1.43 bits per heavy atom. The highest BCUT2D eigenvalue weighted by Gasteiger charge is 2.20. The molecule has 1 aromatic rings. The molecule has 0 atom stereocenters. The van der Waals surface area contributed by atoms with Crippen LogP contribution in [0.3, 0.4) is 0 Å². The molecule has 0 fully saturated rings. The van der Waals surface area contributed by atoms with Crippen LogP contribution in [0, 0.1) is 14.9 Å². The molecular weight excluding hydrogens is 289 g/mol. The number of rotatable bonds is 2. The van der Waals surface area contributed by atoms with Gasteiger partial charge in [0.05, 0.1) is 22.2 Å². The largest absolute Gasteiger partial charge is 0.496 e. The van der Waals surface area contributed by atoms with Crippen molar-refractivity contribution in [1.82, 2.24) is 0 Å². The molecule has 1 rings (SSSR count). The Labute approximate surface area is 98.0 Å². The van der Waals surface area contributed by atoms with Crippen molar-refractivity contribution in [3.63, 3.8) is 0 Å². The van der Waals surface area contributed by atoms with Gasteiger partial charge < -0.3 is 4.74 Å². The van der Waals surface area contributed by atoms with Crippen molar-refractivity contribution in [2.24, 2.45) is 0 Å². The van der Waals surface area contributed by atoms with Gasteiger partial charge in [-0.2, -0.15) is 5.26 Å². The van der Waals surface area contributed by atoms with Crippen LogP contribution in [0.1, 0.15) is 19.4 Å². The molecule has 0 aromatic heterocycles. The molecule has 0 unspecified atom stereocenters. The summed E-state index contributed by atoms with van der Waals surface area (Å²) in [6, 6.07) is 8.12. The maximum absolute atomic E-state index is 8.99. The first kappa shape index (κ1) is 11.3. The van der Waals surface area contributed by atoms with E-state index < -0.39 is 5.41 Å². The van der Waals surface area contributed by atoms with Crippen LogP contribution in [0.5, 0.6) is 5.75 Å². The zero-order valence-electron chi connectivity index (χ0n) is 8.47. The summed E-state index contributed by atoms with van der Waals surface area (Å²) in [6.45, 7) is 3.79. The maximum atomic E-state index is 8.99. The third kappa shape index (κ3) is 2.18. The molecular formula is C11H12INO. The molecule has 0 aliphatic rings. The van der Waals surface area contributed by atoms with Gasteiger partial charge in [-0.25, -0.2) is 0 Å². The summed E-state index contributed by atoms with van der Waals surface area (Å²) in [6.07, 6.45) is 0. The number of benzene rings is 1. The van der Waals surface area contributed by atoms with Crippen LogP contribution in [-0.4, -0.2) is 7.11 Å². The highest BCUT2D eigenvalue weighted by molar-refractivity contribution is 14.1. The predicted octanol–water partition coefficient (Wildman–Crippen LogP) is 3.10. The topological polar surface area (TPSA) is 33.0 Å². The zero-order chi connectivity index (χ0) is 10.8. The molecule has 1 aromatic carbocycles. The number of hydrogen-bond donors (Lipinski definition) is 0. The fourth-order valence-corrected chi connectivity index (χ4v) is 1.67. The summed E-state index contributed by atoms with van der Waals surface area (Å²) in [5.74, 6) is 0.825. The molecule has 14 heavy (non-hydrogen) atoms. The lowest BCUT2D eigenvalue weighted by Crippen LogP contribution is -2.13. The highest BCUT2D eigenvalue weighted by atomic mass is 127. The predicted molar refractivity (Wildman–Crippen MR) is 64.4 cm³/mol. The first-order valence-electron chi connectivity index (χ1n) is 4.26. The standard InChI is InChI=1S/C11H12INO/c1-11(2,7-13)8-4-5-9(12)10(6-8)14-3/h4-6H,1-3H3. The Kier molecular flexibility index (Phi) is 3.38. The summed E-state index contributed by atoms with van der Waals surface area (Å²) in [5, 5.41) is 8.99. The molecule has 0 radical (unpaired) electrons. The number of hydrogen-bond acceptors (Lipinski definition) is 2. The molecule has 0 saturated heterocycles. The first-order valence-corrected chi connectivity index (χ1v) is 5.34. The Morgan fingerprint density at radius 3 is 2.57 bits per heavy atom. The van der Waals surface area contributed by atoms with Gasteiger partial charge in [-0.1, -0.05) is 6.07 Å². The van der Waals surface area contributed by atoms with E-state index in [1.807, 2.05) is 32.0 Å². The molecule has 0 aliphatic carbocycles. The van der Waals surface area contributed by atoms with E-state index in [9.17, 15) is 0 Å². The lowest BCUT2D eigenvalue weighted by Gasteiger charge is -2.17. The quantitative estimate of drug-likeness (QED) is 0.786. The minimum atomic E-state index is -0.461. The molecule has 0 amide bonds. The van der Waals surface area contributed by atoms with Crippen molar-refractivity contribution >= 4 is 22.6 Å². The minimum Gasteiger partial charge on any atom is -0.496 e. The summed E-state index contributed by atoms with van der Waals surface area (Å²) < 4.78 is 6.27. The van der Waals surface area contributed by atoms with Gasteiger partial charge in [0.2, 0.25) is 0 Å². The van der Waals surface area contributed by atoms with E-state index in [0.29, 0.717) is 0 Å².